The van der Waals surface area contributed by atoms with Gasteiger partial charge in [0, 0.05) is 38.2 Å². The van der Waals surface area contributed by atoms with Gasteiger partial charge in [-0.05, 0) is 41.2 Å². The minimum absolute atomic E-state index is 0.234. The molecule has 0 spiro atoms. The molecule has 152 valence electrons. The van der Waals surface area contributed by atoms with Gasteiger partial charge in [-0.25, -0.2) is 8.78 Å². The lowest BCUT2D eigenvalue weighted by Gasteiger charge is -2.25. The molecule has 0 radical (unpaired) electrons. The van der Waals surface area contributed by atoms with Crippen LogP contribution in [0.15, 0.2) is 42.5 Å². The van der Waals surface area contributed by atoms with Gasteiger partial charge in [0.05, 0.1) is 0 Å². The Morgan fingerprint density at radius 3 is 2.36 bits per heavy atom. The van der Waals surface area contributed by atoms with Crippen molar-refractivity contribution in [2.45, 2.75) is 51.7 Å². The van der Waals surface area contributed by atoms with Gasteiger partial charge in [-0.15, -0.1) is 0 Å². The molecule has 28 heavy (non-hydrogen) atoms. The highest BCUT2D eigenvalue weighted by Gasteiger charge is 2.20. The zero-order valence-corrected chi connectivity index (χ0v) is 16.6. The van der Waals surface area contributed by atoms with Crippen LogP contribution in [0.3, 0.4) is 0 Å². The Kier molecular flexibility index (Phi) is 8.08. The van der Waals surface area contributed by atoms with Crippen LogP contribution >= 0.6 is 0 Å². The molecule has 0 heterocycles. The molecule has 0 saturated heterocycles. The summed E-state index contributed by atoms with van der Waals surface area (Å²) in [6.07, 6.45) is 0.250. The monoisotopic (exact) mass is 389 g/mol. The van der Waals surface area contributed by atoms with Crippen LogP contribution in [0.4, 0.5) is 8.78 Å². The lowest BCUT2D eigenvalue weighted by molar-refractivity contribution is -0.119. The van der Waals surface area contributed by atoms with E-state index in [0.29, 0.717) is 24.6 Å². The SMILES string of the molecule is CC(=O)N[C@@H](Cc1cc(F)cc(F)c1)[C@H](N)CNCc1cccc(C(C)C)c1. The van der Waals surface area contributed by atoms with Crippen molar-refractivity contribution >= 4 is 5.91 Å². The number of benzene rings is 2. The van der Waals surface area contributed by atoms with Crippen molar-refractivity contribution in [3.8, 4) is 0 Å². The molecule has 0 aromatic heterocycles. The summed E-state index contributed by atoms with van der Waals surface area (Å²) in [4.78, 5) is 11.5. The van der Waals surface area contributed by atoms with Crippen LogP contribution in [-0.4, -0.2) is 24.5 Å². The highest BCUT2D eigenvalue weighted by Crippen LogP contribution is 2.15. The first-order valence-corrected chi connectivity index (χ1v) is 9.51. The highest BCUT2D eigenvalue weighted by molar-refractivity contribution is 5.73. The fourth-order valence-corrected chi connectivity index (χ4v) is 3.14. The maximum absolute atomic E-state index is 13.5. The lowest BCUT2D eigenvalue weighted by atomic mass is 9.99. The van der Waals surface area contributed by atoms with E-state index in [1.165, 1.54) is 24.6 Å². The number of nitrogens with two attached hydrogens (primary N) is 1. The molecule has 2 aromatic rings. The van der Waals surface area contributed by atoms with E-state index < -0.39 is 23.7 Å². The number of hydrogen-bond acceptors (Lipinski definition) is 3. The van der Waals surface area contributed by atoms with Crippen molar-refractivity contribution in [2.24, 2.45) is 5.73 Å². The number of amides is 1. The third-order valence-electron chi connectivity index (χ3n) is 4.61. The van der Waals surface area contributed by atoms with Gasteiger partial charge in [-0.1, -0.05) is 38.1 Å². The summed E-state index contributed by atoms with van der Waals surface area (Å²) >= 11 is 0. The Morgan fingerprint density at radius 1 is 1.07 bits per heavy atom. The van der Waals surface area contributed by atoms with Crippen LogP contribution in [0.25, 0.3) is 0 Å². The van der Waals surface area contributed by atoms with Gasteiger partial charge < -0.3 is 16.4 Å². The number of nitrogens with one attached hydrogen (secondary N) is 2. The molecule has 0 unspecified atom stereocenters. The summed E-state index contributed by atoms with van der Waals surface area (Å²) in [5.41, 5.74) is 9.15. The van der Waals surface area contributed by atoms with E-state index in [9.17, 15) is 13.6 Å². The second kappa shape index (κ2) is 10.3. The van der Waals surface area contributed by atoms with Gasteiger partial charge in [0.1, 0.15) is 11.6 Å². The predicted molar refractivity (Wildman–Crippen MR) is 108 cm³/mol. The summed E-state index contributed by atoms with van der Waals surface area (Å²) < 4.78 is 26.9. The van der Waals surface area contributed by atoms with E-state index >= 15 is 0 Å². The first-order chi connectivity index (χ1) is 13.2. The molecule has 0 aliphatic rings. The van der Waals surface area contributed by atoms with E-state index in [-0.39, 0.29) is 12.3 Å². The van der Waals surface area contributed by atoms with Gasteiger partial charge in [0.15, 0.2) is 0 Å². The highest BCUT2D eigenvalue weighted by atomic mass is 19.1. The van der Waals surface area contributed by atoms with Crippen molar-refractivity contribution < 1.29 is 13.6 Å². The molecule has 0 aliphatic heterocycles. The topological polar surface area (TPSA) is 67.2 Å². The van der Waals surface area contributed by atoms with Gasteiger partial charge in [0.2, 0.25) is 5.91 Å². The van der Waals surface area contributed by atoms with Crippen molar-refractivity contribution in [3.05, 3.63) is 70.8 Å². The zero-order valence-electron chi connectivity index (χ0n) is 16.6. The second-order valence-electron chi connectivity index (χ2n) is 7.48. The normalized spacial score (nSPS) is 13.4. The van der Waals surface area contributed by atoms with Gasteiger partial charge in [-0.2, -0.15) is 0 Å². The summed E-state index contributed by atoms with van der Waals surface area (Å²) in [7, 11) is 0. The molecule has 0 bridgehead atoms. The Balaban J connectivity index is 1.97. The third-order valence-corrected chi connectivity index (χ3v) is 4.61. The molecule has 4 nitrogen and oxygen atoms in total. The fourth-order valence-electron chi connectivity index (χ4n) is 3.14. The van der Waals surface area contributed by atoms with Gasteiger partial charge in [-0.3, -0.25) is 4.79 Å². The second-order valence-corrected chi connectivity index (χ2v) is 7.48. The van der Waals surface area contributed by atoms with Crippen LogP contribution in [0.1, 0.15) is 43.4 Å². The average Bonchev–Trinajstić information content (AvgIpc) is 2.60. The van der Waals surface area contributed by atoms with Crippen LogP contribution < -0.4 is 16.4 Å². The molecule has 0 saturated carbocycles. The first-order valence-electron chi connectivity index (χ1n) is 9.51. The van der Waals surface area contributed by atoms with E-state index in [1.807, 2.05) is 12.1 Å². The van der Waals surface area contributed by atoms with Crippen LogP contribution in [0, 0.1) is 11.6 Å². The number of carbonyl (C=O) groups excluding carboxylic acids is 1. The fraction of sp³-hybridized carbons (Fsp3) is 0.409. The molecule has 0 fully saturated rings. The lowest BCUT2D eigenvalue weighted by Crippen LogP contribution is -2.52. The number of carbonyl (C=O) groups is 1. The van der Waals surface area contributed by atoms with Crippen molar-refractivity contribution in [1.29, 1.82) is 0 Å². The standard InChI is InChI=1S/C22H29F2N3O/c1-14(2)18-6-4-5-16(7-18)12-26-13-21(25)22(27-15(3)28)10-17-8-19(23)11-20(24)9-17/h4-9,11,14,21-22,26H,10,12-13,25H2,1-3H3,(H,27,28)/t21-,22+/m1/s1. The zero-order chi connectivity index (χ0) is 20.7. The Morgan fingerprint density at radius 2 is 1.75 bits per heavy atom. The van der Waals surface area contributed by atoms with Crippen molar-refractivity contribution in [1.82, 2.24) is 10.6 Å². The van der Waals surface area contributed by atoms with Crippen LogP contribution in [0.5, 0.6) is 0 Å². The summed E-state index contributed by atoms with van der Waals surface area (Å²) in [5, 5.41) is 6.10. The average molecular weight is 389 g/mol. The molecule has 2 aromatic carbocycles. The van der Waals surface area contributed by atoms with E-state index in [1.54, 1.807) is 0 Å². The Bertz CT molecular complexity index is 775. The minimum atomic E-state index is -0.645. The van der Waals surface area contributed by atoms with Crippen molar-refractivity contribution in [2.75, 3.05) is 6.54 Å². The first kappa shape index (κ1) is 22.0. The number of halogens is 2. The molecule has 4 N–H and O–H groups in total. The molecular weight excluding hydrogens is 360 g/mol. The number of hydrogen-bond donors (Lipinski definition) is 3. The van der Waals surface area contributed by atoms with Crippen molar-refractivity contribution in [3.63, 3.8) is 0 Å². The maximum atomic E-state index is 13.5. The van der Waals surface area contributed by atoms with E-state index in [4.69, 9.17) is 5.73 Å². The largest absolute Gasteiger partial charge is 0.352 e. The molecule has 6 heteroatoms. The minimum Gasteiger partial charge on any atom is -0.352 e. The van der Waals surface area contributed by atoms with E-state index in [2.05, 4.69) is 36.6 Å². The molecule has 1 amide bonds. The maximum Gasteiger partial charge on any atom is 0.217 e. The molecule has 2 rings (SSSR count). The predicted octanol–water partition coefficient (Wildman–Crippen LogP) is 3.25. The van der Waals surface area contributed by atoms with Crippen LogP contribution in [-0.2, 0) is 17.8 Å². The summed E-state index contributed by atoms with van der Waals surface area (Å²) in [5.74, 6) is -1.07. The molecular formula is C22H29F2N3O. The third kappa shape index (κ3) is 7.02. The Labute approximate surface area is 165 Å². The quantitative estimate of drug-likeness (QED) is 0.617. The number of rotatable bonds is 9. The molecule has 2 atom stereocenters. The smallest absolute Gasteiger partial charge is 0.217 e. The van der Waals surface area contributed by atoms with Crippen LogP contribution in [0.2, 0.25) is 0 Å². The van der Waals surface area contributed by atoms with Gasteiger partial charge in [0.25, 0.3) is 0 Å². The molecule has 0 aliphatic carbocycles. The summed E-state index contributed by atoms with van der Waals surface area (Å²) in [6, 6.07) is 10.8. The Hall–Kier alpha value is -2.31. The summed E-state index contributed by atoms with van der Waals surface area (Å²) in [6.45, 7) is 6.80. The van der Waals surface area contributed by atoms with E-state index in [0.717, 1.165) is 11.6 Å². The van der Waals surface area contributed by atoms with Gasteiger partial charge >= 0.3 is 0 Å².